The van der Waals surface area contributed by atoms with E-state index in [0.29, 0.717) is 22.4 Å². The maximum atomic E-state index is 12.2. The molecule has 0 aliphatic carbocycles. The minimum atomic E-state index is -0.411. The third-order valence-electron chi connectivity index (χ3n) is 3.46. The number of hydrogen-bond acceptors (Lipinski definition) is 7. The number of anilines is 1. The van der Waals surface area contributed by atoms with Gasteiger partial charge in [-0.15, -0.1) is 5.10 Å². The fourth-order valence-electron chi connectivity index (χ4n) is 2.48. The fourth-order valence-corrected chi connectivity index (χ4v) is 2.83. The number of hydrogen-bond donors (Lipinski definition) is 1. The standard InChI is InChI=1S/C13H16N6O2S/c1-7-9(11(20)21-3)10(8-5-14-18(2)6-8)19-12(15-7)16-13(17-19)22-4/h5-6,10H,1-4H3,(H,15,16,17). The Kier molecular flexibility index (Phi) is 3.65. The van der Waals surface area contributed by atoms with Gasteiger partial charge < -0.3 is 10.1 Å². The summed E-state index contributed by atoms with van der Waals surface area (Å²) in [5.41, 5.74) is 2.05. The number of aromatic nitrogens is 5. The molecule has 0 radical (unpaired) electrons. The number of carbonyl (C=O) groups excluding carboxylic acids is 1. The van der Waals surface area contributed by atoms with Crippen molar-refractivity contribution in [1.82, 2.24) is 24.5 Å². The van der Waals surface area contributed by atoms with Crippen LogP contribution in [0.5, 0.6) is 0 Å². The van der Waals surface area contributed by atoms with Gasteiger partial charge in [0.15, 0.2) is 0 Å². The molecule has 0 aromatic carbocycles. The van der Waals surface area contributed by atoms with Gasteiger partial charge in [0.25, 0.3) is 0 Å². The minimum Gasteiger partial charge on any atom is -0.466 e. The normalized spacial score (nSPS) is 17.2. The average molecular weight is 320 g/mol. The number of thioether (sulfide) groups is 1. The van der Waals surface area contributed by atoms with Crippen LogP contribution in [0.3, 0.4) is 0 Å². The zero-order chi connectivity index (χ0) is 15.9. The number of aryl methyl sites for hydroxylation is 1. The highest BCUT2D eigenvalue weighted by Crippen LogP contribution is 2.36. The molecule has 0 saturated heterocycles. The number of nitrogens with one attached hydrogen (secondary N) is 1. The number of ether oxygens (including phenoxy) is 1. The Bertz CT molecular complexity index is 762. The summed E-state index contributed by atoms with van der Waals surface area (Å²) in [4.78, 5) is 16.7. The van der Waals surface area contributed by atoms with Crippen molar-refractivity contribution in [3.63, 3.8) is 0 Å². The third kappa shape index (κ3) is 2.27. The van der Waals surface area contributed by atoms with E-state index in [4.69, 9.17) is 4.74 Å². The van der Waals surface area contributed by atoms with E-state index in [1.165, 1.54) is 18.9 Å². The first-order valence-corrected chi connectivity index (χ1v) is 7.82. The third-order valence-corrected chi connectivity index (χ3v) is 4.00. The minimum absolute atomic E-state index is 0.397. The van der Waals surface area contributed by atoms with Gasteiger partial charge in [0.2, 0.25) is 11.1 Å². The van der Waals surface area contributed by atoms with Crippen LogP contribution >= 0.6 is 11.8 Å². The second-order valence-corrected chi connectivity index (χ2v) is 5.65. The number of carbonyl (C=O) groups is 1. The molecule has 1 atom stereocenters. The number of esters is 1. The molecule has 2 aromatic heterocycles. The molecule has 0 bridgehead atoms. The predicted octanol–water partition coefficient (Wildman–Crippen LogP) is 1.20. The van der Waals surface area contributed by atoms with Crippen molar-refractivity contribution < 1.29 is 9.53 Å². The molecule has 22 heavy (non-hydrogen) atoms. The van der Waals surface area contributed by atoms with Gasteiger partial charge in [-0.1, -0.05) is 11.8 Å². The van der Waals surface area contributed by atoms with Crippen LogP contribution in [0.15, 0.2) is 28.8 Å². The van der Waals surface area contributed by atoms with Gasteiger partial charge in [-0.25, -0.2) is 9.48 Å². The predicted molar refractivity (Wildman–Crippen MR) is 81.5 cm³/mol. The maximum absolute atomic E-state index is 12.2. The lowest BCUT2D eigenvalue weighted by atomic mass is 9.98. The molecule has 2 aromatic rings. The van der Waals surface area contributed by atoms with Gasteiger partial charge in [-0.05, 0) is 13.2 Å². The second-order valence-electron chi connectivity index (χ2n) is 4.87. The van der Waals surface area contributed by atoms with Crippen molar-refractivity contribution >= 4 is 23.7 Å². The van der Waals surface area contributed by atoms with Gasteiger partial charge in [0, 0.05) is 24.5 Å². The molecule has 1 aliphatic rings. The van der Waals surface area contributed by atoms with Crippen LogP contribution in [0.1, 0.15) is 18.5 Å². The van der Waals surface area contributed by atoms with E-state index in [-0.39, 0.29) is 0 Å². The van der Waals surface area contributed by atoms with Gasteiger partial charge in [0.1, 0.15) is 6.04 Å². The molecule has 3 heterocycles. The SMILES string of the molecule is COC(=O)C1=C(C)Nc2nc(SC)nn2C1c1cnn(C)c1. The Morgan fingerprint density at radius 3 is 2.86 bits per heavy atom. The topological polar surface area (TPSA) is 86.9 Å². The molecule has 0 amide bonds. The summed E-state index contributed by atoms with van der Waals surface area (Å²) in [6, 6.07) is -0.411. The largest absolute Gasteiger partial charge is 0.466 e. The Hall–Kier alpha value is -2.29. The van der Waals surface area contributed by atoms with Crippen molar-refractivity contribution in [1.29, 1.82) is 0 Å². The van der Waals surface area contributed by atoms with Gasteiger partial charge in [-0.2, -0.15) is 10.1 Å². The highest BCUT2D eigenvalue weighted by Gasteiger charge is 2.35. The summed E-state index contributed by atoms with van der Waals surface area (Å²) in [5.74, 6) is 0.203. The van der Waals surface area contributed by atoms with E-state index in [1.54, 1.807) is 15.6 Å². The van der Waals surface area contributed by atoms with E-state index in [2.05, 4.69) is 20.5 Å². The van der Waals surface area contributed by atoms with Crippen LogP contribution in [0.4, 0.5) is 5.95 Å². The van der Waals surface area contributed by atoms with E-state index in [1.807, 2.05) is 26.4 Å². The lowest BCUT2D eigenvalue weighted by Gasteiger charge is -2.26. The zero-order valence-corrected chi connectivity index (χ0v) is 13.5. The first kappa shape index (κ1) is 14.6. The van der Waals surface area contributed by atoms with E-state index in [9.17, 15) is 4.79 Å². The molecule has 8 nitrogen and oxygen atoms in total. The molecule has 1 N–H and O–H groups in total. The molecule has 0 fully saturated rings. The summed E-state index contributed by atoms with van der Waals surface area (Å²) in [5, 5.41) is 12.4. The smallest absolute Gasteiger partial charge is 0.338 e. The molecular weight excluding hydrogens is 304 g/mol. The highest BCUT2D eigenvalue weighted by atomic mass is 32.2. The van der Waals surface area contributed by atoms with Crippen molar-refractivity contribution in [3.05, 3.63) is 29.2 Å². The van der Waals surface area contributed by atoms with Crippen molar-refractivity contribution in [2.24, 2.45) is 7.05 Å². The molecular formula is C13H16N6O2S. The monoisotopic (exact) mass is 320 g/mol. The highest BCUT2D eigenvalue weighted by molar-refractivity contribution is 7.98. The molecule has 3 rings (SSSR count). The summed E-state index contributed by atoms with van der Waals surface area (Å²) < 4.78 is 8.32. The van der Waals surface area contributed by atoms with Crippen molar-refractivity contribution in [3.8, 4) is 0 Å². The Morgan fingerprint density at radius 2 is 2.27 bits per heavy atom. The Morgan fingerprint density at radius 1 is 1.50 bits per heavy atom. The molecule has 1 aliphatic heterocycles. The summed E-state index contributed by atoms with van der Waals surface area (Å²) in [6.45, 7) is 1.83. The van der Waals surface area contributed by atoms with Crippen molar-refractivity contribution in [2.75, 3.05) is 18.7 Å². The van der Waals surface area contributed by atoms with E-state index in [0.717, 1.165) is 5.56 Å². The molecule has 116 valence electrons. The number of rotatable bonds is 3. The van der Waals surface area contributed by atoms with Gasteiger partial charge in [0.05, 0.1) is 18.9 Å². The molecule has 9 heteroatoms. The van der Waals surface area contributed by atoms with Crippen LogP contribution in [0.25, 0.3) is 0 Å². The van der Waals surface area contributed by atoms with Crippen LogP contribution in [-0.2, 0) is 16.6 Å². The van der Waals surface area contributed by atoms with E-state index < -0.39 is 12.0 Å². The number of fused-ring (bicyclic) bond motifs is 1. The lowest BCUT2D eigenvalue weighted by Crippen LogP contribution is -2.29. The molecule has 0 saturated carbocycles. The Labute approximate surface area is 131 Å². The Balaban J connectivity index is 2.18. The fraction of sp³-hybridized carbons (Fsp3) is 0.385. The summed E-state index contributed by atoms with van der Waals surface area (Å²) >= 11 is 1.44. The van der Waals surface area contributed by atoms with Crippen molar-refractivity contribution in [2.45, 2.75) is 18.1 Å². The lowest BCUT2D eigenvalue weighted by molar-refractivity contribution is -0.136. The first-order valence-electron chi connectivity index (χ1n) is 6.60. The number of allylic oxidation sites excluding steroid dienone is 1. The second kappa shape index (κ2) is 5.48. The quantitative estimate of drug-likeness (QED) is 0.671. The van der Waals surface area contributed by atoms with Gasteiger partial charge in [-0.3, -0.25) is 4.68 Å². The first-order chi connectivity index (χ1) is 10.5. The van der Waals surface area contributed by atoms with Gasteiger partial charge >= 0.3 is 5.97 Å². The van der Waals surface area contributed by atoms with Crippen LogP contribution in [0.2, 0.25) is 0 Å². The summed E-state index contributed by atoms with van der Waals surface area (Å²) in [7, 11) is 3.20. The molecule has 1 unspecified atom stereocenters. The average Bonchev–Trinajstić information content (AvgIpc) is 3.10. The molecule has 0 spiro atoms. The van der Waals surface area contributed by atoms with Crippen LogP contribution in [-0.4, -0.2) is 43.9 Å². The number of nitrogens with zero attached hydrogens (tertiary/aromatic N) is 5. The summed E-state index contributed by atoms with van der Waals surface area (Å²) in [6.07, 6.45) is 5.48. The zero-order valence-electron chi connectivity index (χ0n) is 12.7. The van der Waals surface area contributed by atoms with Crippen LogP contribution in [0, 0.1) is 0 Å². The maximum Gasteiger partial charge on any atom is 0.338 e. The van der Waals surface area contributed by atoms with Crippen LogP contribution < -0.4 is 5.32 Å². The number of methoxy groups -OCH3 is 1. The van der Waals surface area contributed by atoms with E-state index >= 15 is 0 Å².